The van der Waals surface area contributed by atoms with Crippen molar-refractivity contribution >= 4 is 45.0 Å². The van der Waals surface area contributed by atoms with E-state index in [1.807, 2.05) is 6.92 Å². The van der Waals surface area contributed by atoms with E-state index < -0.39 is 11.6 Å². The number of hydrogen-bond acceptors (Lipinski definition) is 7. The topological polar surface area (TPSA) is 98.9 Å². The van der Waals surface area contributed by atoms with Gasteiger partial charge in [-0.1, -0.05) is 42.2 Å². The van der Waals surface area contributed by atoms with Crippen LogP contribution >= 0.6 is 23.1 Å². The average molecular weight is 391 g/mol. The number of rotatable bonds is 6. The Hall–Kier alpha value is -2.46. The fraction of sp³-hybridized carbons (Fsp3) is 0.312. The maximum absolute atomic E-state index is 12.6. The SMILES string of the molecule is CCSc1nnc(NC(=O)Cn2c(=O)n(CC)c(=O)c3ccccc32)s1. The number of nitrogens with one attached hydrogen (secondary N) is 1. The number of amides is 1. The molecule has 0 fully saturated rings. The van der Waals surface area contributed by atoms with E-state index in [0.29, 0.717) is 16.0 Å². The molecule has 1 amide bonds. The fourth-order valence-electron chi connectivity index (χ4n) is 2.55. The molecule has 0 saturated carbocycles. The molecule has 0 aliphatic heterocycles. The highest BCUT2D eigenvalue weighted by Gasteiger charge is 2.15. The zero-order chi connectivity index (χ0) is 18.7. The summed E-state index contributed by atoms with van der Waals surface area (Å²) in [7, 11) is 0. The van der Waals surface area contributed by atoms with Gasteiger partial charge in [-0.05, 0) is 24.8 Å². The lowest BCUT2D eigenvalue weighted by molar-refractivity contribution is -0.116. The molecule has 8 nitrogen and oxygen atoms in total. The zero-order valence-electron chi connectivity index (χ0n) is 14.3. The quantitative estimate of drug-likeness (QED) is 0.508. The minimum absolute atomic E-state index is 0.213. The van der Waals surface area contributed by atoms with Gasteiger partial charge in [0.2, 0.25) is 11.0 Å². The van der Waals surface area contributed by atoms with Gasteiger partial charge in [0, 0.05) is 6.54 Å². The molecule has 3 rings (SSSR count). The number of anilines is 1. The van der Waals surface area contributed by atoms with Gasteiger partial charge in [-0.3, -0.25) is 24.0 Å². The van der Waals surface area contributed by atoms with Crippen LogP contribution in [-0.4, -0.2) is 31.0 Å². The highest BCUT2D eigenvalue weighted by atomic mass is 32.2. The summed E-state index contributed by atoms with van der Waals surface area (Å²) in [6, 6.07) is 6.76. The molecule has 0 spiro atoms. The number of aromatic nitrogens is 4. The molecule has 0 aliphatic rings. The van der Waals surface area contributed by atoms with Crippen LogP contribution in [0.1, 0.15) is 13.8 Å². The van der Waals surface area contributed by atoms with Gasteiger partial charge in [-0.2, -0.15) is 0 Å². The lowest BCUT2D eigenvalue weighted by Gasteiger charge is -2.12. The van der Waals surface area contributed by atoms with Gasteiger partial charge in [0.25, 0.3) is 5.56 Å². The van der Waals surface area contributed by atoms with Gasteiger partial charge in [0.15, 0.2) is 4.34 Å². The van der Waals surface area contributed by atoms with Crippen LogP contribution < -0.4 is 16.6 Å². The molecule has 0 aliphatic carbocycles. The summed E-state index contributed by atoms with van der Waals surface area (Å²) in [5.74, 6) is 0.463. The maximum Gasteiger partial charge on any atom is 0.331 e. The van der Waals surface area contributed by atoms with E-state index >= 15 is 0 Å². The Morgan fingerprint density at radius 2 is 1.96 bits per heavy atom. The van der Waals surface area contributed by atoms with Crippen LogP contribution in [0.5, 0.6) is 0 Å². The monoisotopic (exact) mass is 391 g/mol. The normalized spacial score (nSPS) is 11.0. The largest absolute Gasteiger partial charge is 0.331 e. The predicted octanol–water partition coefficient (Wildman–Crippen LogP) is 1.79. The first kappa shape index (κ1) is 18.3. The molecule has 136 valence electrons. The molecule has 0 unspecified atom stereocenters. The van der Waals surface area contributed by atoms with Crippen LogP contribution in [0.3, 0.4) is 0 Å². The van der Waals surface area contributed by atoms with Crippen molar-refractivity contribution in [2.75, 3.05) is 11.1 Å². The smallest absolute Gasteiger partial charge is 0.299 e. The lowest BCUT2D eigenvalue weighted by atomic mass is 10.2. The second-order valence-electron chi connectivity index (χ2n) is 5.29. The second-order valence-corrected chi connectivity index (χ2v) is 7.78. The maximum atomic E-state index is 12.6. The Balaban J connectivity index is 1.93. The van der Waals surface area contributed by atoms with Crippen LogP contribution in [0.15, 0.2) is 38.2 Å². The Labute approximate surface area is 156 Å². The number of thioether (sulfide) groups is 1. The molecule has 3 aromatic rings. The van der Waals surface area contributed by atoms with Crippen molar-refractivity contribution in [3.05, 3.63) is 45.1 Å². The summed E-state index contributed by atoms with van der Waals surface area (Å²) in [5.41, 5.74) is -0.428. The minimum Gasteiger partial charge on any atom is -0.299 e. The van der Waals surface area contributed by atoms with Gasteiger partial charge in [0.05, 0.1) is 10.9 Å². The molecule has 0 atom stereocenters. The number of nitrogens with zero attached hydrogens (tertiary/aromatic N) is 4. The van der Waals surface area contributed by atoms with Crippen LogP contribution in [0.25, 0.3) is 10.9 Å². The third-order valence-corrected chi connectivity index (χ3v) is 5.52. The van der Waals surface area contributed by atoms with Gasteiger partial charge in [0.1, 0.15) is 6.54 Å². The Morgan fingerprint density at radius 3 is 2.69 bits per heavy atom. The number of carbonyl (C=O) groups excluding carboxylic acids is 1. The standard InChI is InChI=1S/C16H17N5O3S2/c1-3-20-13(23)10-7-5-6-8-11(10)21(16(20)24)9-12(22)17-14-18-19-15(26-14)25-4-2/h5-8H,3-4,9H2,1-2H3,(H,17,18,22). The van der Waals surface area contributed by atoms with E-state index in [4.69, 9.17) is 0 Å². The Kier molecular flexibility index (Phi) is 5.52. The highest BCUT2D eigenvalue weighted by Crippen LogP contribution is 2.24. The van der Waals surface area contributed by atoms with Crippen LogP contribution in [-0.2, 0) is 17.9 Å². The molecule has 26 heavy (non-hydrogen) atoms. The van der Waals surface area contributed by atoms with Crippen LogP contribution in [0.4, 0.5) is 5.13 Å². The van der Waals surface area contributed by atoms with E-state index in [1.165, 1.54) is 27.7 Å². The molecular weight excluding hydrogens is 374 g/mol. The van der Waals surface area contributed by atoms with E-state index in [1.54, 1.807) is 31.2 Å². The summed E-state index contributed by atoms with van der Waals surface area (Å²) in [5, 5.41) is 11.3. The third kappa shape index (κ3) is 3.56. The van der Waals surface area contributed by atoms with Crippen LogP contribution in [0.2, 0.25) is 0 Å². The molecular formula is C16H17N5O3S2. The molecule has 1 N–H and O–H groups in total. The van der Waals surface area contributed by atoms with Crippen molar-refractivity contribution in [3.63, 3.8) is 0 Å². The van der Waals surface area contributed by atoms with E-state index in [2.05, 4.69) is 15.5 Å². The first-order chi connectivity index (χ1) is 12.5. The summed E-state index contributed by atoms with van der Waals surface area (Å²) >= 11 is 2.82. The molecule has 10 heteroatoms. The zero-order valence-corrected chi connectivity index (χ0v) is 15.9. The first-order valence-corrected chi connectivity index (χ1v) is 9.83. The number of benzene rings is 1. The number of hydrogen-bond donors (Lipinski definition) is 1. The van der Waals surface area contributed by atoms with Crippen molar-refractivity contribution in [1.29, 1.82) is 0 Å². The summed E-state index contributed by atoms with van der Waals surface area (Å²) < 4.78 is 3.19. The van der Waals surface area contributed by atoms with Crippen molar-refractivity contribution < 1.29 is 4.79 Å². The van der Waals surface area contributed by atoms with Crippen molar-refractivity contribution in [2.45, 2.75) is 31.3 Å². The molecule has 0 bridgehead atoms. The van der Waals surface area contributed by atoms with E-state index in [0.717, 1.165) is 14.7 Å². The number of para-hydroxylation sites is 1. The predicted molar refractivity (Wildman–Crippen MR) is 103 cm³/mol. The third-order valence-electron chi connectivity index (χ3n) is 3.67. The summed E-state index contributed by atoms with van der Waals surface area (Å²) in [6.07, 6.45) is 0. The molecule has 2 heterocycles. The average Bonchev–Trinajstić information content (AvgIpc) is 3.06. The molecule has 0 radical (unpaired) electrons. The fourth-order valence-corrected chi connectivity index (χ4v) is 4.21. The van der Waals surface area contributed by atoms with Gasteiger partial charge in [-0.25, -0.2) is 4.79 Å². The number of fused-ring (bicyclic) bond motifs is 1. The summed E-state index contributed by atoms with van der Waals surface area (Å²) in [6.45, 7) is 3.74. The Bertz CT molecular complexity index is 1070. The van der Waals surface area contributed by atoms with E-state index in [9.17, 15) is 14.4 Å². The highest BCUT2D eigenvalue weighted by molar-refractivity contribution is 8.01. The van der Waals surface area contributed by atoms with Crippen molar-refractivity contribution in [1.82, 2.24) is 19.3 Å². The molecule has 2 aromatic heterocycles. The number of carbonyl (C=O) groups is 1. The first-order valence-electron chi connectivity index (χ1n) is 8.03. The molecule has 1 aromatic carbocycles. The summed E-state index contributed by atoms with van der Waals surface area (Å²) in [4.78, 5) is 37.4. The van der Waals surface area contributed by atoms with Crippen molar-refractivity contribution in [2.24, 2.45) is 0 Å². The lowest BCUT2D eigenvalue weighted by Crippen LogP contribution is -2.41. The second kappa shape index (κ2) is 7.83. The Morgan fingerprint density at radius 1 is 1.19 bits per heavy atom. The van der Waals surface area contributed by atoms with Gasteiger partial charge < -0.3 is 0 Å². The van der Waals surface area contributed by atoms with Crippen molar-refractivity contribution in [3.8, 4) is 0 Å². The minimum atomic E-state index is -0.508. The van der Waals surface area contributed by atoms with Gasteiger partial charge in [-0.15, -0.1) is 10.2 Å². The van der Waals surface area contributed by atoms with E-state index in [-0.39, 0.29) is 18.6 Å². The van der Waals surface area contributed by atoms with Crippen LogP contribution in [0, 0.1) is 0 Å². The molecule has 0 saturated heterocycles. The van der Waals surface area contributed by atoms with Gasteiger partial charge >= 0.3 is 5.69 Å².